The van der Waals surface area contributed by atoms with Gasteiger partial charge in [0.15, 0.2) is 0 Å². The second-order valence-corrected chi connectivity index (χ2v) is 3.48. The van der Waals surface area contributed by atoms with Crippen LogP contribution in [0.5, 0.6) is 0 Å². The van der Waals surface area contributed by atoms with Crippen LogP contribution in [0.25, 0.3) is 0 Å². The van der Waals surface area contributed by atoms with Gasteiger partial charge in [-0.25, -0.2) is 9.69 Å². The van der Waals surface area contributed by atoms with Gasteiger partial charge in [0.1, 0.15) is 0 Å². The number of nitrogens with zero attached hydrogens (tertiary/aromatic N) is 2. The van der Waals surface area contributed by atoms with E-state index in [4.69, 9.17) is 0 Å². The van der Waals surface area contributed by atoms with E-state index in [1.807, 2.05) is 19.0 Å². The van der Waals surface area contributed by atoms with Crippen LogP contribution in [0, 0.1) is 0 Å². The summed E-state index contributed by atoms with van der Waals surface area (Å²) in [7, 11) is 3.77. The van der Waals surface area contributed by atoms with E-state index in [0.717, 1.165) is 19.5 Å². The van der Waals surface area contributed by atoms with E-state index in [1.54, 1.807) is 0 Å². The molecule has 0 amide bonds. The number of nitrogens with one attached hydrogen (secondary N) is 2. The van der Waals surface area contributed by atoms with Gasteiger partial charge in [-0.3, -0.25) is 0 Å². The lowest BCUT2D eigenvalue weighted by molar-refractivity contribution is 0.283. The molecule has 1 aliphatic rings. The maximum atomic E-state index is 10.7. The zero-order chi connectivity index (χ0) is 9.68. The number of rotatable bonds is 4. The second kappa shape index (κ2) is 5.15. The Morgan fingerprint density at radius 1 is 1.77 bits per heavy atom. The molecular weight excluding hydrogens is 192 g/mol. The fourth-order valence-electron chi connectivity index (χ4n) is 0.927. The predicted octanol–water partition coefficient (Wildman–Crippen LogP) is -1.00. The van der Waals surface area contributed by atoms with Crippen LogP contribution in [0.4, 0.5) is 0 Å². The molecule has 0 aromatic carbocycles. The Balaban J connectivity index is 2.27. The van der Waals surface area contributed by atoms with E-state index < -0.39 is 11.3 Å². The molecule has 0 aliphatic carbocycles. The molecule has 7 heteroatoms. The van der Waals surface area contributed by atoms with Crippen molar-refractivity contribution in [3.63, 3.8) is 0 Å². The first-order valence-electron chi connectivity index (χ1n) is 4.03. The lowest BCUT2D eigenvalue weighted by Crippen LogP contribution is -2.36. The topological polar surface area (TPSA) is 66.0 Å². The van der Waals surface area contributed by atoms with Crippen molar-refractivity contribution in [2.75, 3.05) is 27.2 Å². The van der Waals surface area contributed by atoms with Crippen molar-refractivity contribution in [3.05, 3.63) is 0 Å². The van der Waals surface area contributed by atoms with Crippen LogP contribution in [0.1, 0.15) is 6.42 Å². The molecule has 1 unspecified atom stereocenters. The summed E-state index contributed by atoms with van der Waals surface area (Å²) in [4.78, 5) is 1.86. The van der Waals surface area contributed by atoms with Crippen molar-refractivity contribution in [2.45, 2.75) is 6.42 Å². The van der Waals surface area contributed by atoms with Gasteiger partial charge in [0.05, 0.1) is 0 Å². The molecule has 1 atom stereocenters. The van der Waals surface area contributed by atoms with Crippen LogP contribution in [-0.2, 0) is 15.6 Å². The van der Waals surface area contributed by atoms with Gasteiger partial charge in [-0.1, -0.05) is 0 Å². The number of hydroxylamine groups is 1. The van der Waals surface area contributed by atoms with E-state index in [9.17, 15) is 4.21 Å². The van der Waals surface area contributed by atoms with Crippen LogP contribution >= 0.6 is 0 Å². The van der Waals surface area contributed by atoms with Crippen LogP contribution in [-0.4, -0.2) is 42.3 Å². The molecule has 1 rings (SSSR count). The van der Waals surface area contributed by atoms with E-state index in [1.165, 1.54) is 0 Å². The molecule has 0 aromatic heterocycles. The minimum atomic E-state index is -1.56. The molecule has 0 aromatic rings. The monoisotopic (exact) mass is 206 g/mol. The summed E-state index contributed by atoms with van der Waals surface area (Å²) in [6, 6.07) is 0. The van der Waals surface area contributed by atoms with E-state index in [0.29, 0.717) is 5.96 Å². The molecule has 2 N–H and O–H groups in total. The van der Waals surface area contributed by atoms with E-state index in [2.05, 4.69) is 19.5 Å². The highest BCUT2D eigenvalue weighted by atomic mass is 32.2. The van der Waals surface area contributed by atoms with Gasteiger partial charge in [-0.05, 0) is 20.0 Å². The fourth-order valence-corrected chi connectivity index (χ4v) is 1.43. The first-order chi connectivity index (χ1) is 6.24. The summed E-state index contributed by atoms with van der Waals surface area (Å²) in [5.41, 5.74) is 2.49. The molecule has 13 heavy (non-hydrogen) atoms. The highest BCUT2D eigenvalue weighted by Gasteiger charge is 2.16. The lowest BCUT2D eigenvalue weighted by Gasteiger charge is -2.16. The first-order valence-corrected chi connectivity index (χ1v) is 5.07. The van der Waals surface area contributed by atoms with Crippen molar-refractivity contribution in [2.24, 2.45) is 4.40 Å². The van der Waals surface area contributed by atoms with Crippen molar-refractivity contribution in [3.8, 4) is 0 Å². The summed E-state index contributed by atoms with van der Waals surface area (Å²) in [6.45, 7) is 1.79. The Labute approximate surface area is 80.1 Å². The summed E-state index contributed by atoms with van der Waals surface area (Å²) >= 11 is -1.56. The van der Waals surface area contributed by atoms with Gasteiger partial charge in [0, 0.05) is 13.6 Å². The zero-order valence-electron chi connectivity index (χ0n) is 7.74. The van der Waals surface area contributed by atoms with Gasteiger partial charge in [-0.2, -0.15) is 4.28 Å². The van der Waals surface area contributed by atoms with Crippen LogP contribution < -0.4 is 10.8 Å². The number of hydrogen-bond donors (Lipinski definition) is 2. The fraction of sp³-hybridized carbons (Fsp3) is 0.833. The summed E-state index contributed by atoms with van der Waals surface area (Å²) in [5.74, 6) is 0.523. The van der Waals surface area contributed by atoms with Gasteiger partial charge in [-0.15, -0.1) is 4.40 Å². The Hall–Kier alpha value is -0.660. The molecule has 1 aliphatic heterocycles. The van der Waals surface area contributed by atoms with Gasteiger partial charge in [0.2, 0.25) is 5.96 Å². The highest BCUT2D eigenvalue weighted by Crippen LogP contribution is 1.98. The average Bonchev–Trinajstić information content (AvgIpc) is 2.52. The lowest BCUT2D eigenvalue weighted by atomic mass is 10.4. The maximum absolute atomic E-state index is 10.7. The summed E-state index contributed by atoms with van der Waals surface area (Å²) < 4.78 is 19.0. The molecule has 76 valence electrons. The Bertz CT molecular complexity index is 221. The minimum Gasteiger partial charge on any atom is -0.343 e. The number of hydrogen-bond acceptors (Lipinski definition) is 5. The smallest absolute Gasteiger partial charge is 0.310 e. The molecule has 0 saturated heterocycles. The van der Waals surface area contributed by atoms with Crippen molar-refractivity contribution in [1.29, 1.82) is 0 Å². The first kappa shape index (κ1) is 10.4. The summed E-state index contributed by atoms with van der Waals surface area (Å²) in [6.07, 6.45) is 1.00. The largest absolute Gasteiger partial charge is 0.343 e. The van der Waals surface area contributed by atoms with Gasteiger partial charge in [0.25, 0.3) is 0 Å². The highest BCUT2D eigenvalue weighted by molar-refractivity contribution is 7.79. The standard InChI is InChI=1S/C6H14N4O2S/c1-7-4-3-5-10(2)6-8-12-13(11)9-6/h7H,3-5H2,1-2H3,(H,8,9). The Morgan fingerprint density at radius 2 is 2.54 bits per heavy atom. The Kier molecular flexibility index (Phi) is 4.13. The Morgan fingerprint density at radius 3 is 3.08 bits per heavy atom. The molecule has 0 saturated carbocycles. The SMILES string of the molecule is CNCCCN(C)C1=NS(=O)ON1. The van der Waals surface area contributed by atoms with Gasteiger partial charge < -0.3 is 10.2 Å². The second-order valence-electron chi connectivity index (χ2n) is 2.70. The predicted molar refractivity (Wildman–Crippen MR) is 51.0 cm³/mol. The van der Waals surface area contributed by atoms with Crippen LogP contribution in [0.3, 0.4) is 0 Å². The molecule has 0 fully saturated rings. The molecule has 1 heterocycles. The molecule has 0 radical (unpaired) electrons. The summed E-state index contributed by atoms with van der Waals surface area (Å²) in [5, 5.41) is 3.04. The van der Waals surface area contributed by atoms with Crippen molar-refractivity contribution >= 4 is 17.2 Å². The molecule has 0 spiro atoms. The molecule has 6 nitrogen and oxygen atoms in total. The molecular formula is C6H14N4O2S. The maximum Gasteiger partial charge on any atom is 0.310 e. The zero-order valence-corrected chi connectivity index (χ0v) is 8.56. The van der Waals surface area contributed by atoms with Gasteiger partial charge >= 0.3 is 11.3 Å². The van der Waals surface area contributed by atoms with E-state index in [-0.39, 0.29) is 0 Å². The van der Waals surface area contributed by atoms with Crippen LogP contribution in [0.15, 0.2) is 4.40 Å². The van der Waals surface area contributed by atoms with Crippen molar-refractivity contribution < 1.29 is 8.49 Å². The minimum absolute atomic E-state index is 0.523. The van der Waals surface area contributed by atoms with Crippen molar-refractivity contribution in [1.82, 2.24) is 15.7 Å². The molecule has 0 bridgehead atoms. The third kappa shape index (κ3) is 3.29. The third-order valence-corrected chi connectivity index (χ3v) is 2.20. The van der Waals surface area contributed by atoms with E-state index >= 15 is 0 Å². The third-order valence-electron chi connectivity index (χ3n) is 1.65. The average molecular weight is 206 g/mol. The van der Waals surface area contributed by atoms with Crippen LogP contribution in [0.2, 0.25) is 0 Å². The number of guanidine groups is 1. The normalized spacial score (nSPS) is 21.1. The quantitative estimate of drug-likeness (QED) is 0.577.